The van der Waals surface area contributed by atoms with Gasteiger partial charge in [-0.3, -0.25) is 4.79 Å². The largest absolute Gasteiger partial charge is 0.377 e. The zero-order valence-electron chi connectivity index (χ0n) is 12.8. The van der Waals surface area contributed by atoms with Crippen molar-refractivity contribution >= 4 is 11.7 Å². The number of hydrogen-bond donors (Lipinski definition) is 1. The van der Waals surface area contributed by atoms with Crippen molar-refractivity contribution < 1.29 is 14.3 Å². The molecule has 0 aromatic carbocycles. The molecule has 1 aromatic rings. The van der Waals surface area contributed by atoms with E-state index in [-0.39, 0.29) is 18.1 Å². The van der Waals surface area contributed by atoms with Crippen LogP contribution < -0.4 is 5.32 Å². The fourth-order valence-corrected chi connectivity index (χ4v) is 2.46. The van der Waals surface area contributed by atoms with Crippen LogP contribution in [0.2, 0.25) is 0 Å². The molecule has 1 aromatic heterocycles. The van der Waals surface area contributed by atoms with Crippen LogP contribution >= 0.6 is 0 Å². The molecule has 6 heteroatoms. The van der Waals surface area contributed by atoms with Crippen molar-refractivity contribution in [3.05, 3.63) is 23.9 Å². The fourth-order valence-electron chi connectivity index (χ4n) is 2.46. The second-order valence-corrected chi connectivity index (χ2v) is 5.11. The number of pyridine rings is 1. The molecule has 2 heterocycles. The number of methoxy groups -OCH3 is 2. The van der Waals surface area contributed by atoms with Gasteiger partial charge in [-0.1, -0.05) is 6.92 Å². The molecule has 1 amide bonds. The van der Waals surface area contributed by atoms with Crippen LogP contribution in [0, 0.1) is 0 Å². The number of aromatic nitrogens is 1. The highest BCUT2D eigenvalue weighted by molar-refractivity contribution is 5.95. The Morgan fingerprint density at radius 1 is 1.38 bits per heavy atom. The number of nitrogens with one attached hydrogen (secondary N) is 1. The molecule has 2 atom stereocenters. The van der Waals surface area contributed by atoms with E-state index >= 15 is 0 Å². The molecule has 2 unspecified atom stereocenters. The Kier molecular flexibility index (Phi) is 5.52. The van der Waals surface area contributed by atoms with E-state index in [4.69, 9.17) is 9.47 Å². The Bertz CT molecular complexity index is 469. The Morgan fingerprint density at radius 3 is 2.62 bits per heavy atom. The molecular formula is C15H23N3O3. The van der Waals surface area contributed by atoms with Crippen LogP contribution in [0.4, 0.5) is 5.82 Å². The SMILES string of the molecule is CCCNc1cc(C(=O)N2CC(OC)C(OC)C2)ccn1. The topological polar surface area (TPSA) is 63.7 Å². The van der Waals surface area contributed by atoms with E-state index in [0.29, 0.717) is 18.7 Å². The minimum atomic E-state index is -0.0709. The summed E-state index contributed by atoms with van der Waals surface area (Å²) in [6.07, 6.45) is 2.52. The lowest BCUT2D eigenvalue weighted by Gasteiger charge is -2.16. The highest BCUT2D eigenvalue weighted by atomic mass is 16.5. The third-order valence-electron chi connectivity index (χ3n) is 3.67. The maximum absolute atomic E-state index is 12.6. The molecule has 1 aliphatic rings. The van der Waals surface area contributed by atoms with Gasteiger partial charge in [0.1, 0.15) is 18.0 Å². The van der Waals surface area contributed by atoms with Gasteiger partial charge in [0, 0.05) is 45.6 Å². The number of amides is 1. The van der Waals surface area contributed by atoms with Crippen molar-refractivity contribution in [2.75, 3.05) is 39.2 Å². The average molecular weight is 293 g/mol. The maximum atomic E-state index is 12.6. The van der Waals surface area contributed by atoms with Crippen molar-refractivity contribution in [3.63, 3.8) is 0 Å². The summed E-state index contributed by atoms with van der Waals surface area (Å²) in [6.45, 7) is 4.02. The Morgan fingerprint density at radius 2 is 2.05 bits per heavy atom. The van der Waals surface area contributed by atoms with Crippen molar-refractivity contribution in [2.24, 2.45) is 0 Å². The Balaban J connectivity index is 2.06. The van der Waals surface area contributed by atoms with Crippen LogP contribution in [0.5, 0.6) is 0 Å². The van der Waals surface area contributed by atoms with Gasteiger partial charge in [-0.2, -0.15) is 0 Å². The van der Waals surface area contributed by atoms with Gasteiger partial charge >= 0.3 is 0 Å². The molecule has 0 radical (unpaired) electrons. The van der Waals surface area contributed by atoms with Crippen LogP contribution in [0.25, 0.3) is 0 Å². The average Bonchev–Trinajstić information content (AvgIpc) is 2.95. The highest BCUT2D eigenvalue weighted by Crippen LogP contribution is 2.19. The molecule has 0 aliphatic carbocycles. The van der Waals surface area contributed by atoms with E-state index in [0.717, 1.165) is 18.8 Å². The smallest absolute Gasteiger partial charge is 0.254 e. The third kappa shape index (κ3) is 3.71. The lowest BCUT2D eigenvalue weighted by molar-refractivity contribution is -0.00461. The number of rotatable bonds is 6. The third-order valence-corrected chi connectivity index (χ3v) is 3.67. The molecule has 2 rings (SSSR count). The molecule has 116 valence electrons. The summed E-state index contributed by atoms with van der Waals surface area (Å²) in [5, 5.41) is 3.19. The second kappa shape index (κ2) is 7.38. The standard InChI is InChI=1S/C15H23N3O3/c1-4-6-16-14-8-11(5-7-17-14)15(19)18-9-12(20-2)13(10-18)21-3/h5,7-8,12-13H,4,6,9-10H2,1-3H3,(H,16,17). The van der Waals surface area contributed by atoms with Crippen LogP contribution in [0.1, 0.15) is 23.7 Å². The van der Waals surface area contributed by atoms with Gasteiger partial charge in [-0.15, -0.1) is 0 Å². The Hall–Kier alpha value is -1.66. The van der Waals surface area contributed by atoms with Crippen molar-refractivity contribution in [3.8, 4) is 0 Å². The summed E-state index contributed by atoms with van der Waals surface area (Å²) in [4.78, 5) is 18.5. The van der Waals surface area contributed by atoms with Gasteiger partial charge in [0.15, 0.2) is 0 Å². The predicted octanol–water partition coefficient (Wildman–Crippen LogP) is 1.39. The molecule has 0 spiro atoms. The van der Waals surface area contributed by atoms with Gasteiger partial charge in [0.05, 0.1) is 0 Å². The van der Waals surface area contributed by atoms with Gasteiger partial charge in [0.25, 0.3) is 5.91 Å². The summed E-state index contributed by atoms with van der Waals surface area (Å²) >= 11 is 0. The summed E-state index contributed by atoms with van der Waals surface area (Å²) in [7, 11) is 3.29. The maximum Gasteiger partial charge on any atom is 0.254 e. The van der Waals surface area contributed by atoms with Gasteiger partial charge in [-0.25, -0.2) is 4.98 Å². The zero-order valence-corrected chi connectivity index (χ0v) is 12.8. The van der Waals surface area contributed by atoms with E-state index in [1.165, 1.54) is 0 Å². The molecule has 1 fully saturated rings. The van der Waals surface area contributed by atoms with E-state index in [1.807, 2.05) is 0 Å². The van der Waals surface area contributed by atoms with Crippen LogP contribution in [-0.2, 0) is 9.47 Å². The van der Waals surface area contributed by atoms with E-state index in [2.05, 4.69) is 17.2 Å². The number of anilines is 1. The van der Waals surface area contributed by atoms with Gasteiger partial charge in [-0.05, 0) is 18.6 Å². The first-order valence-corrected chi connectivity index (χ1v) is 7.24. The van der Waals surface area contributed by atoms with Crippen LogP contribution in [0.15, 0.2) is 18.3 Å². The second-order valence-electron chi connectivity index (χ2n) is 5.11. The zero-order chi connectivity index (χ0) is 15.2. The molecule has 6 nitrogen and oxygen atoms in total. The first-order chi connectivity index (χ1) is 10.2. The van der Waals surface area contributed by atoms with Crippen LogP contribution in [0.3, 0.4) is 0 Å². The number of likely N-dealkylation sites (tertiary alicyclic amines) is 1. The highest BCUT2D eigenvalue weighted by Gasteiger charge is 2.35. The van der Waals surface area contributed by atoms with Crippen LogP contribution in [-0.4, -0.2) is 61.9 Å². The first-order valence-electron chi connectivity index (χ1n) is 7.24. The van der Waals surface area contributed by atoms with Crippen molar-refractivity contribution in [2.45, 2.75) is 25.6 Å². The predicted molar refractivity (Wildman–Crippen MR) is 80.5 cm³/mol. The summed E-state index contributed by atoms with van der Waals surface area (Å²) in [5.74, 6) is 0.715. The molecule has 0 bridgehead atoms. The number of hydrogen-bond acceptors (Lipinski definition) is 5. The normalized spacial score (nSPS) is 21.6. The lowest BCUT2D eigenvalue weighted by Crippen LogP contribution is -2.30. The summed E-state index contributed by atoms with van der Waals surface area (Å²) < 4.78 is 10.7. The summed E-state index contributed by atoms with van der Waals surface area (Å²) in [5.41, 5.74) is 0.634. The monoisotopic (exact) mass is 293 g/mol. The molecule has 21 heavy (non-hydrogen) atoms. The van der Waals surface area contributed by atoms with Crippen molar-refractivity contribution in [1.82, 2.24) is 9.88 Å². The Labute approximate surface area is 125 Å². The van der Waals surface area contributed by atoms with E-state index in [1.54, 1.807) is 37.4 Å². The number of nitrogens with zero attached hydrogens (tertiary/aromatic N) is 2. The first kappa shape index (κ1) is 15.7. The molecule has 1 saturated heterocycles. The minimum absolute atomic E-state index is 0.0152. The van der Waals surface area contributed by atoms with E-state index < -0.39 is 0 Å². The van der Waals surface area contributed by atoms with Gasteiger partial charge in [0.2, 0.25) is 0 Å². The molecular weight excluding hydrogens is 270 g/mol. The van der Waals surface area contributed by atoms with Crippen molar-refractivity contribution in [1.29, 1.82) is 0 Å². The minimum Gasteiger partial charge on any atom is -0.377 e. The molecule has 0 saturated carbocycles. The van der Waals surface area contributed by atoms with Gasteiger partial charge < -0.3 is 19.7 Å². The summed E-state index contributed by atoms with van der Waals surface area (Å²) in [6, 6.07) is 3.53. The number of ether oxygens (including phenoxy) is 2. The number of carbonyl (C=O) groups excluding carboxylic acids is 1. The quantitative estimate of drug-likeness (QED) is 0.858. The van der Waals surface area contributed by atoms with E-state index in [9.17, 15) is 4.79 Å². The number of carbonyl (C=O) groups is 1. The lowest BCUT2D eigenvalue weighted by atomic mass is 10.2. The fraction of sp³-hybridized carbons (Fsp3) is 0.600. The molecule has 1 N–H and O–H groups in total. The molecule has 1 aliphatic heterocycles.